The molecule has 7 nitrogen and oxygen atoms in total. The van der Waals surface area contributed by atoms with Gasteiger partial charge in [0.2, 0.25) is 11.8 Å². The topological polar surface area (TPSA) is 86.8 Å². The van der Waals surface area contributed by atoms with E-state index >= 15 is 0 Å². The first-order valence-corrected chi connectivity index (χ1v) is 14.9. The van der Waals surface area contributed by atoms with Gasteiger partial charge in [0.15, 0.2) is 0 Å². The van der Waals surface area contributed by atoms with Crippen LogP contribution in [0.15, 0.2) is 77.7 Å². The highest BCUT2D eigenvalue weighted by Crippen LogP contribution is 2.26. The number of benzene rings is 3. The molecule has 0 unspecified atom stereocenters. The Labute approximate surface area is 240 Å². The van der Waals surface area contributed by atoms with Gasteiger partial charge >= 0.3 is 0 Å². The highest BCUT2D eigenvalue weighted by molar-refractivity contribution is 7.92. The SMILES string of the molecule is CCCNC(=O)[C@H](CC)N(Cc1ccc(Cl)cc1)C(=O)CN(c1ccc(C)cc1)S(=O)(=O)c1ccc(Cl)cc1. The van der Waals surface area contributed by atoms with Crippen molar-refractivity contribution in [3.63, 3.8) is 0 Å². The minimum atomic E-state index is -4.15. The molecule has 3 aromatic rings. The third kappa shape index (κ3) is 7.97. The molecule has 3 rings (SSSR count). The largest absolute Gasteiger partial charge is 0.354 e. The van der Waals surface area contributed by atoms with Crippen LogP contribution in [0.2, 0.25) is 10.0 Å². The first-order valence-electron chi connectivity index (χ1n) is 12.7. The van der Waals surface area contributed by atoms with E-state index in [9.17, 15) is 18.0 Å². The van der Waals surface area contributed by atoms with Crippen LogP contribution in [0.5, 0.6) is 0 Å². The Morgan fingerprint density at radius 2 is 1.44 bits per heavy atom. The summed E-state index contributed by atoms with van der Waals surface area (Å²) in [5, 5.41) is 3.81. The van der Waals surface area contributed by atoms with Crippen molar-refractivity contribution in [1.82, 2.24) is 10.2 Å². The van der Waals surface area contributed by atoms with E-state index < -0.39 is 28.5 Å². The molecule has 0 spiro atoms. The second kappa shape index (κ2) is 13.8. The van der Waals surface area contributed by atoms with E-state index in [4.69, 9.17) is 23.2 Å². The Balaban J connectivity index is 2.03. The standard InChI is InChI=1S/C29H33Cl2N3O4S/c1-4-18-32-29(36)27(5-2)33(19-22-8-10-23(30)11-9-22)28(35)20-34(25-14-6-21(3)7-15-25)39(37,38)26-16-12-24(31)13-17-26/h6-17,27H,4-5,18-20H2,1-3H3,(H,32,36)/t27-/m0/s1. The third-order valence-corrected chi connectivity index (χ3v) is 8.50. The zero-order valence-electron chi connectivity index (χ0n) is 22.2. The number of carbonyl (C=O) groups excluding carboxylic acids is 2. The van der Waals surface area contributed by atoms with E-state index in [1.165, 1.54) is 29.2 Å². The van der Waals surface area contributed by atoms with Crippen molar-refractivity contribution in [3.05, 3.63) is 94.0 Å². The number of amides is 2. The summed E-state index contributed by atoms with van der Waals surface area (Å²) >= 11 is 12.0. The lowest BCUT2D eigenvalue weighted by atomic mass is 10.1. The highest BCUT2D eigenvalue weighted by atomic mass is 35.5. The Kier molecular flexibility index (Phi) is 10.8. The summed E-state index contributed by atoms with van der Waals surface area (Å²) in [6, 6.07) is 18.8. The van der Waals surface area contributed by atoms with E-state index in [0.717, 1.165) is 21.9 Å². The lowest BCUT2D eigenvalue weighted by molar-refractivity contribution is -0.140. The molecule has 1 atom stereocenters. The zero-order chi connectivity index (χ0) is 28.6. The number of carbonyl (C=O) groups is 2. The maximum absolute atomic E-state index is 14.0. The van der Waals surface area contributed by atoms with Gasteiger partial charge in [0.25, 0.3) is 10.0 Å². The van der Waals surface area contributed by atoms with Crippen LogP contribution in [0.4, 0.5) is 5.69 Å². The number of hydrogen-bond acceptors (Lipinski definition) is 4. The number of anilines is 1. The maximum Gasteiger partial charge on any atom is 0.264 e. The van der Waals surface area contributed by atoms with Gasteiger partial charge in [-0.25, -0.2) is 8.42 Å². The Morgan fingerprint density at radius 1 is 0.872 bits per heavy atom. The van der Waals surface area contributed by atoms with Crippen molar-refractivity contribution in [1.29, 1.82) is 0 Å². The van der Waals surface area contributed by atoms with E-state index in [1.54, 1.807) is 48.5 Å². The molecule has 0 saturated carbocycles. The minimum Gasteiger partial charge on any atom is -0.354 e. The Bertz CT molecular complexity index is 1360. The molecule has 0 aliphatic rings. The van der Waals surface area contributed by atoms with E-state index in [2.05, 4.69) is 5.32 Å². The molecule has 0 heterocycles. The molecule has 0 fully saturated rings. The van der Waals surface area contributed by atoms with Crippen LogP contribution < -0.4 is 9.62 Å². The molecule has 0 bridgehead atoms. The molecule has 2 amide bonds. The van der Waals surface area contributed by atoms with Crippen LogP contribution in [0.1, 0.15) is 37.8 Å². The predicted molar refractivity (Wildman–Crippen MR) is 157 cm³/mol. The van der Waals surface area contributed by atoms with E-state index in [0.29, 0.717) is 28.7 Å². The fourth-order valence-corrected chi connectivity index (χ4v) is 5.71. The summed E-state index contributed by atoms with van der Waals surface area (Å²) in [7, 11) is -4.15. The minimum absolute atomic E-state index is 0.00254. The summed E-state index contributed by atoms with van der Waals surface area (Å²) in [5.74, 6) is -0.800. The fraction of sp³-hybridized carbons (Fsp3) is 0.310. The summed E-state index contributed by atoms with van der Waals surface area (Å²) in [6.45, 7) is 5.73. The van der Waals surface area contributed by atoms with Crippen molar-refractivity contribution in [3.8, 4) is 0 Å². The summed E-state index contributed by atoms with van der Waals surface area (Å²) in [4.78, 5) is 28.5. The molecule has 0 aliphatic heterocycles. The van der Waals surface area contributed by atoms with Crippen molar-refractivity contribution < 1.29 is 18.0 Å². The molecule has 208 valence electrons. The summed E-state index contributed by atoms with van der Waals surface area (Å²) in [6.07, 6.45) is 1.09. The molecule has 0 aromatic heterocycles. The molecule has 3 aromatic carbocycles. The molecule has 39 heavy (non-hydrogen) atoms. The van der Waals surface area contributed by atoms with Gasteiger partial charge in [0.1, 0.15) is 12.6 Å². The number of aryl methyl sites for hydroxylation is 1. The van der Waals surface area contributed by atoms with E-state index in [-0.39, 0.29) is 17.3 Å². The molecule has 10 heteroatoms. The maximum atomic E-state index is 14.0. The van der Waals surface area contributed by atoms with Gasteiger partial charge in [0, 0.05) is 23.1 Å². The summed E-state index contributed by atoms with van der Waals surface area (Å²) in [5.41, 5.74) is 2.03. The van der Waals surface area contributed by atoms with E-state index in [1.807, 2.05) is 20.8 Å². The van der Waals surface area contributed by atoms with Crippen molar-refractivity contribution >= 4 is 50.7 Å². The molecule has 0 radical (unpaired) electrons. The van der Waals surface area contributed by atoms with Gasteiger partial charge in [-0.1, -0.05) is 66.9 Å². The van der Waals surface area contributed by atoms with Gasteiger partial charge in [0.05, 0.1) is 10.6 Å². The summed E-state index contributed by atoms with van der Waals surface area (Å²) < 4.78 is 28.7. The van der Waals surface area contributed by atoms with Crippen molar-refractivity contribution in [2.45, 2.75) is 51.1 Å². The van der Waals surface area contributed by atoms with Crippen LogP contribution in [0, 0.1) is 6.92 Å². The van der Waals surface area contributed by atoms with Crippen LogP contribution >= 0.6 is 23.2 Å². The third-order valence-electron chi connectivity index (χ3n) is 6.20. The Morgan fingerprint density at radius 3 is 1.97 bits per heavy atom. The molecule has 1 N–H and O–H groups in total. The number of rotatable bonds is 12. The molecular weight excluding hydrogens is 557 g/mol. The highest BCUT2D eigenvalue weighted by Gasteiger charge is 2.33. The zero-order valence-corrected chi connectivity index (χ0v) is 24.6. The van der Waals surface area contributed by atoms with Crippen LogP contribution in [-0.4, -0.2) is 44.3 Å². The van der Waals surface area contributed by atoms with Crippen molar-refractivity contribution in [2.24, 2.45) is 0 Å². The number of nitrogens with one attached hydrogen (secondary N) is 1. The van der Waals surface area contributed by atoms with Crippen molar-refractivity contribution in [2.75, 3.05) is 17.4 Å². The predicted octanol–water partition coefficient (Wildman–Crippen LogP) is 5.83. The van der Waals surface area contributed by atoms with Gasteiger partial charge in [-0.3, -0.25) is 13.9 Å². The smallest absolute Gasteiger partial charge is 0.264 e. The van der Waals surface area contributed by atoms with Gasteiger partial charge in [-0.15, -0.1) is 0 Å². The van der Waals surface area contributed by atoms with Crippen LogP contribution in [0.25, 0.3) is 0 Å². The first-order chi connectivity index (χ1) is 18.6. The second-order valence-corrected chi connectivity index (χ2v) is 11.9. The lowest BCUT2D eigenvalue weighted by Gasteiger charge is -2.33. The second-order valence-electron chi connectivity index (χ2n) is 9.16. The number of hydrogen-bond donors (Lipinski definition) is 1. The number of sulfonamides is 1. The quantitative estimate of drug-likeness (QED) is 0.288. The molecule has 0 saturated heterocycles. The lowest BCUT2D eigenvalue weighted by Crippen LogP contribution is -2.52. The molecule has 0 aliphatic carbocycles. The normalized spacial score (nSPS) is 12.0. The van der Waals surface area contributed by atoms with Crippen LogP contribution in [-0.2, 0) is 26.2 Å². The van der Waals surface area contributed by atoms with Gasteiger partial charge in [-0.2, -0.15) is 0 Å². The fourth-order valence-electron chi connectivity index (χ4n) is 4.05. The first kappa shape index (κ1) is 30.5. The van der Waals surface area contributed by atoms with Crippen LogP contribution in [0.3, 0.4) is 0 Å². The number of halogens is 2. The monoisotopic (exact) mass is 589 g/mol. The van der Waals surface area contributed by atoms with Gasteiger partial charge < -0.3 is 10.2 Å². The Hall–Kier alpha value is -3.07. The molecular formula is C29H33Cl2N3O4S. The van der Waals surface area contributed by atoms with Gasteiger partial charge in [-0.05, 0) is 73.9 Å². The average Bonchev–Trinajstić information content (AvgIpc) is 2.92. The average molecular weight is 591 g/mol. The number of nitrogens with zero attached hydrogens (tertiary/aromatic N) is 2.